The molecule has 0 bridgehead atoms. The van der Waals surface area contributed by atoms with E-state index in [0.29, 0.717) is 12.6 Å². The predicted octanol–water partition coefficient (Wildman–Crippen LogP) is 6.77. The van der Waals surface area contributed by atoms with Crippen LogP contribution in [0, 0.1) is 6.92 Å². The van der Waals surface area contributed by atoms with Gasteiger partial charge in [0.2, 0.25) is 0 Å². The molecule has 1 heterocycles. The number of para-hydroxylation sites is 1. The molecule has 2 amide bonds. The number of hydrogen-bond donors (Lipinski definition) is 1. The number of amides is 2. The second-order valence-corrected chi connectivity index (χ2v) is 8.91. The molecule has 4 heteroatoms. The Hall–Kier alpha value is -3.01. The smallest absolute Gasteiger partial charge is 0.322 e. The summed E-state index contributed by atoms with van der Waals surface area (Å²) in [5.41, 5.74) is 5.89. The van der Waals surface area contributed by atoms with E-state index in [-0.39, 0.29) is 6.03 Å². The molecule has 32 heavy (non-hydrogen) atoms. The Balaban J connectivity index is 1.56. The summed E-state index contributed by atoms with van der Waals surface area (Å²) in [5, 5.41) is 3.23. The largest absolute Gasteiger partial charge is 0.345 e. The van der Waals surface area contributed by atoms with Gasteiger partial charge in [-0.25, -0.2) is 4.79 Å². The van der Waals surface area contributed by atoms with E-state index in [2.05, 4.69) is 77.3 Å². The van der Waals surface area contributed by atoms with Crippen molar-refractivity contribution in [2.45, 2.75) is 71.5 Å². The number of anilines is 1. The van der Waals surface area contributed by atoms with E-state index in [9.17, 15) is 4.79 Å². The minimum Gasteiger partial charge on any atom is -0.345 e. The molecule has 0 unspecified atom stereocenters. The second kappa shape index (κ2) is 10.5. The van der Waals surface area contributed by atoms with E-state index in [1.165, 1.54) is 41.6 Å². The van der Waals surface area contributed by atoms with Crippen LogP contribution in [0.5, 0.6) is 0 Å². The fourth-order valence-corrected chi connectivity index (χ4v) is 4.79. The number of benzene rings is 2. The first-order chi connectivity index (χ1) is 15.7. The number of aromatic nitrogens is 1. The zero-order chi connectivity index (χ0) is 22.3. The molecule has 0 saturated heterocycles. The summed E-state index contributed by atoms with van der Waals surface area (Å²) < 4.78 is 2.28. The van der Waals surface area contributed by atoms with Crippen molar-refractivity contribution in [1.29, 1.82) is 0 Å². The Kier molecular flexibility index (Phi) is 7.31. The van der Waals surface area contributed by atoms with Crippen LogP contribution in [0.1, 0.15) is 61.4 Å². The molecule has 1 aliphatic rings. The molecule has 0 atom stereocenters. The van der Waals surface area contributed by atoms with E-state index in [4.69, 9.17) is 0 Å². The molecule has 0 aliphatic heterocycles. The van der Waals surface area contributed by atoms with Gasteiger partial charge in [0.05, 0.1) is 6.54 Å². The van der Waals surface area contributed by atoms with Crippen LogP contribution in [-0.4, -0.2) is 21.5 Å². The van der Waals surface area contributed by atoms with Crippen molar-refractivity contribution >= 4 is 11.7 Å². The van der Waals surface area contributed by atoms with Crippen LogP contribution in [0.3, 0.4) is 0 Å². The quantitative estimate of drug-likeness (QED) is 0.442. The van der Waals surface area contributed by atoms with Crippen LogP contribution in [0.4, 0.5) is 10.5 Å². The van der Waals surface area contributed by atoms with E-state index < -0.39 is 0 Å². The van der Waals surface area contributed by atoms with Crippen molar-refractivity contribution in [2.24, 2.45) is 0 Å². The molecule has 0 radical (unpaired) electrons. The van der Waals surface area contributed by atoms with Crippen molar-refractivity contribution in [3.8, 4) is 0 Å². The van der Waals surface area contributed by atoms with Gasteiger partial charge < -0.3 is 14.8 Å². The summed E-state index contributed by atoms with van der Waals surface area (Å²) in [6.07, 6.45) is 8.87. The molecule has 1 N–H and O–H groups in total. The lowest BCUT2D eigenvalue weighted by atomic mass is 9.94. The molecule has 1 aliphatic carbocycles. The molecular formula is C28H35N3O. The average molecular weight is 430 g/mol. The molecule has 168 valence electrons. The normalized spacial score (nSPS) is 14.3. The Morgan fingerprint density at radius 1 is 0.969 bits per heavy atom. The van der Waals surface area contributed by atoms with Gasteiger partial charge in [-0.15, -0.1) is 0 Å². The molecule has 0 spiro atoms. The molecule has 4 rings (SSSR count). The monoisotopic (exact) mass is 429 g/mol. The van der Waals surface area contributed by atoms with Gasteiger partial charge >= 0.3 is 6.03 Å². The lowest BCUT2D eigenvalue weighted by Crippen LogP contribution is -2.43. The average Bonchev–Trinajstić information content (AvgIpc) is 3.26. The molecule has 2 aromatic carbocycles. The molecule has 4 nitrogen and oxygen atoms in total. The highest BCUT2D eigenvalue weighted by Crippen LogP contribution is 2.26. The van der Waals surface area contributed by atoms with Crippen molar-refractivity contribution in [3.05, 3.63) is 89.2 Å². The summed E-state index contributed by atoms with van der Waals surface area (Å²) in [6.45, 7) is 5.74. The number of nitrogens with one attached hydrogen (secondary N) is 1. The Morgan fingerprint density at radius 2 is 1.69 bits per heavy atom. The Morgan fingerprint density at radius 3 is 2.44 bits per heavy atom. The highest BCUT2D eigenvalue weighted by Gasteiger charge is 2.27. The third-order valence-corrected chi connectivity index (χ3v) is 6.77. The third-order valence-electron chi connectivity index (χ3n) is 6.77. The maximum atomic E-state index is 13.5. The van der Waals surface area contributed by atoms with Crippen LogP contribution < -0.4 is 5.32 Å². The summed E-state index contributed by atoms with van der Waals surface area (Å²) in [6, 6.07) is 21.2. The predicted molar refractivity (Wildman–Crippen MR) is 132 cm³/mol. The minimum absolute atomic E-state index is 0.0152. The fourth-order valence-electron chi connectivity index (χ4n) is 4.79. The van der Waals surface area contributed by atoms with E-state index in [1.54, 1.807) is 0 Å². The first kappa shape index (κ1) is 22.2. The standard InChI is InChI=1S/C28H35N3O/c1-3-23-13-9-10-18-27(23)29-28(32)31(25-15-5-4-6-16-25)21-26-17-11-19-30(26)20-24-14-8-7-12-22(24)2/h7-14,17-19,25H,3-6,15-16,20-21H2,1-2H3,(H,29,32). The van der Waals surface area contributed by atoms with Crippen molar-refractivity contribution < 1.29 is 4.79 Å². The van der Waals surface area contributed by atoms with Crippen molar-refractivity contribution in [1.82, 2.24) is 9.47 Å². The first-order valence-corrected chi connectivity index (χ1v) is 12.0. The zero-order valence-electron chi connectivity index (χ0n) is 19.4. The van der Waals surface area contributed by atoms with Gasteiger partial charge in [0.15, 0.2) is 0 Å². The van der Waals surface area contributed by atoms with E-state index >= 15 is 0 Å². The van der Waals surface area contributed by atoms with E-state index in [1.807, 2.05) is 18.2 Å². The summed E-state index contributed by atoms with van der Waals surface area (Å²) >= 11 is 0. The van der Waals surface area contributed by atoms with Gasteiger partial charge in [-0.3, -0.25) is 0 Å². The zero-order valence-corrected chi connectivity index (χ0v) is 19.4. The van der Waals surface area contributed by atoms with E-state index in [0.717, 1.165) is 31.5 Å². The second-order valence-electron chi connectivity index (χ2n) is 8.91. The number of urea groups is 1. The number of carbonyl (C=O) groups excluding carboxylic acids is 1. The summed E-state index contributed by atoms with van der Waals surface area (Å²) in [5.74, 6) is 0. The van der Waals surface area contributed by atoms with Crippen LogP contribution in [0.2, 0.25) is 0 Å². The van der Waals surface area contributed by atoms with Gasteiger partial charge in [0, 0.05) is 30.2 Å². The maximum Gasteiger partial charge on any atom is 0.322 e. The fraction of sp³-hybridized carbons (Fsp3) is 0.393. The van der Waals surface area contributed by atoms with Crippen LogP contribution in [-0.2, 0) is 19.5 Å². The number of rotatable bonds is 7. The van der Waals surface area contributed by atoms with Gasteiger partial charge in [-0.05, 0) is 61.1 Å². The maximum absolute atomic E-state index is 13.5. The summed E-state index contributed by atoms with van der Waals surface area (Å²) in [7, 11) is 0. The van der Waals surface area contributed by atoms with Crippen LogP contribution in [0.25, 0.3) is 0 Å². The van der Waals surface area contributed by atoms with Gasteiger partial charge in [0.25, 0.3) is 0 Å². The lowest BCUT2D eigenvalue weighted by Gasteiger charge is -2.35. The minimum atomic E-state index is 0.0152. The summed E-state index contributed by atoms with van der Waals surface area (Å²) in [4.78, 5) is 15.6. The van der Waals surface area contributed by atoms with Gasteiger partial charge in [-0.1, -0.05) is 68.7 Å². The number of carbonyl (C=O) groups is 1. The number of hydrogen-bond acceptors (Lipinski definition) is 1. The Labute approximate surface area is 192 Å². The van der Waals surface area contributed by atoms with Gasteiger partial charge in [-0.2, -0.15) is 0 Å². The molecule has 3 aromatic rings. The molecule has 1 fully saturated rings. The molecule has 1 saturated carbocycles. The highest BCUT2D eigenvalue weighted by atomic mass is 16.2. The third kappa shape index (κ3) is 5.24. The van der Waals surface area contributed by atoms with Crippen LogP contribution >= 0.6 is 0 Å². The number of nitrogens with zero attached hydrogens (tertiary/aromatic N) is 2. The van der Waals surface area contributed by atoms with Gasteiger partial charge in [0.1, 0.15) is 0 Å². The molecular weight excluding hydrogens is 394 g/mol. The lowest BCUT2D eigenvalue weighted by molar-refractivity contribution is 0.161. The number of aryl methyl sites for hydroxylation is 2. The highest BCUT2D eigenvalue weighted by molar-refractivity contribution is 5.90. The Bertz CT molecular complexity index is 1030. The first-order valence-electron chi connectivity index (χ1n) is 12.0. The molecule has 1 aromatic heterocycles. The van der Waals surface area contributed by atoms with Crippen molar-refractivity contribution in [3.63, 3.8) is 0 Å². The topological polar surface area (TPSA) is 37.3 Å². The van der Waals surface area contributed by atoms with Crippen LogP contribution in [0.15, 0.2) is 66.9 Å². The SMILES string of the molecule is CCc1ccccc1NC(=O)N(Cc1cccn1Cc1ccccc1C)C1CCCCC1. The van der Waals surface area contributed by atoms with Crippen molar-refractivity contribution in [2.75, 3.05) is 5.32 Å².